The average Bonchev–Trinajstić information content (AvgIpc) is 3.40. The lowest BCUT2D eigenvalue weighted by Crippen LogP contribution is -2.40. The van der Waals surface area contributed by atoms with Gasteiger partial charge in [0.05, 0.1) is 49.3 Å². The summed E-state index contributed by atoms with van der Waals surface area (Å²) in [5, 5.41) is 0. The van der Waals surface area contributed by atoms with Crippen molar-refractivity contribution in [1.29, 1.82) is 0 Å². The molecule has 1 aliphatic heterocycles. The number of fused-ring (bicyclic) bond motifs is 1. The van der Waals surface area contributed by atoms with E-state index in [0.717, 1.165) is 14.5 Å². The first-order valence-electron chi connectivity index (χ1n) is 15.5. The Morgan fingerprint density at radius 1 is 0.920 bits per heavy atom. The van der Waals surface area contributed by atoms with Gasteiger partial charge >= 0.3 is 11.9 Å². The van der Waals surface area contributed by atoms with E-state index < -0.39 is 18.0 Å². The molecular formula is C36H34Br2N2O9S. The van der Waals surface area contributed by atoms with E-state index in [1.807, 2.05) is 37.3 Å². The number of halogens is 2. The van der Waals surface area contributed by atoms with Gasteiger partial charge < -0.3 is 28.4 Å². The SMILES string of the molecule is CCOC(=O)C1=C(C)N=c2s/c(=C/c3cc(Br)cc(OC)c3OCc3ccc(Br)cc3)c(=O)n2[C@@H]1c1ccc(OCC(=O)OC)c(OCC)c1. The van der Waals surface area contributed by atoms with Crippen LogP contribution in [0, 0.1) is 0 Å². The molecule has 3 aromatic carbocycles. The molecule has 11 nitrogen and oxygen atoms in total. The zero-order valence-electron chi connectivity index (χ0n) is 27.9. The Morgan fingerprint density at radius 3 is 2.36 bits per heavy atom. The van der Waals surface area contributed by atoms with E-state index in [1.54, 1.807) is 51.3 Å². The molecule has 0 N–H and O–H groups in total. The smallest absolute Gasteiger partial charge is 0.343 e. The van der Waals surface area contributed by atoms with Crippen LogP contribution in [0.1, 0.15) is 43.5 Å². The van der Waals surface area contributed by atoms with Crippen LogP contribution in [-0.4, -0.2) is 50.5 Å². The van der Waals surface area contributed by atoms with Gasteiger partial charge in [0, 0.05) is 14.5 Å². The number of ether oxygens (including phenoxy) is 6. The van der Waals surface area contributed by atoms with Crippen LogP contribution in [0.5, 0.6) is 23.0 Å². The average molecular weight is 831 g/mol. The monoisotopic (exact) mass is 828 g/mol. The number of esters is 2. The molecule has 0 saturated heterocycles. The van der Waals surface area contributed by atoms with E-state index in [9.17, 15) is 14.4 Å². The van der Waals surface area contributed by atoms with E-state index in [2.05, 4.69) is 36.9 Å². The number of hydrogen-bond donors (Lipinski definition) is 0. The number of benzene rings is 3. The highest BCUT2D eigenvalue weighted by Gasteiger charge is 2.34. The molecule has 1 aliphatic rings. The second kappa shape index (κ2) is 16.5. The van der Waals surface area contributed by atoms with Gasteiger partial charge in [0.1, 0.15) is 6.61 Å². The fraction of sp³-hybridized carbons (Fsp3) is 0.278. The first kappa shape index (κ1) is 36.9. The molecule has 5 rings (SSSR count). The summed E-state index contributed by atoms with van der Waals surface area (Å²) in [6, 6.07) is 15.5. The minimum absolute atomic E-state index is 0.130. The van der Waals surface area contributed by atoms with E-state index in [-0.39, 0.29) is 31.0 Å². The second-order valence-electron chi connectivity index (χ2n) is 10.7. The summed E-state index contributed by atoms with van der Waals surface area (Å²) in [4.78, 5) is 44.7. The minimum Gasteiger partial charge on any atom is -0.493 e. The fourth-order valence-electron chi connectivity index (χ4n) is 5.26. The van der Waals surface area contributed by atoms with Gasteiger partial charge in [-0.25, -0.2) is 14.6 Å². The number of allylic oxidation sites excluding steroid dienone is 1. The van der Waals surface area contributed by atoms with Gasteiger partial charge in [-0.1, -0.05) is 61.4 Å². The Hall–Kier alpha value is -4.40. The minimum atomic E-state index is -0.911. The van der Waals surface area contributed by atoms with Crippen LogP contribution in [0.2, 0.25) is 0 Å². The van der Waals surface area contributed by atoms with Crippen molar-refractivity contribution >= 4 is 61.2 Å². The Kier molecular flexibility index (Phi) is 12.2. The molecule has 0 amide bonds. The normalized spacial score (nSPS) is 14.1. The van der Waals surface area contributed by atoms with E-state index in [4.69, 9.17) is 28.4 Å². The molecule has 14 heteroatoms. The summed E-state index contributed by atoms with van der Waals surface area (Å²) >= 11 is 8.19. The van der Waals surface area contributed by atoms with E-state index >= 15 is 0 Å². The van der Waals surface area contributed by atoms with Crippen molar-refractivity contribution in [2.24, 2.45) is 4.99 Å². The van der Waals surface area contributed by atoms with Crippen LogP contribution in [0.25, 0.3) is 6.08 Å². The number of methoxy groups -OCH3 is 2. The van der Waals surface area contributed by atoms with E-state index in [1.165, 1.54) is 23.0 Å². The molecule has 50 heavy (non-hydrogen) atoms. The molecule has 262 valence electrons. The third-order valence-electron chi connectivity index (χ3n) is 7.52. The maximum atomic E-state index is 14.4. The zero-order chi connectivity index (χ0) is 35.9. The van der Waals surface area contributed by atoms with Gasteiger partial charge in [0.2, 0.25) is 0 Å². The number of rotatable bonds is 13. The van der Waals surface area contributed by atoms with Gasteiger partial charge in [-0.3, -0.25) is 9.36 Å². The van der Waals surface area contributed by atoms with Gasteiger partial charge in [-0.2, -0.15) is 0 Å². The van der Waals surface area contributed by atoms with Crippen molar-refractivity contribution in [2.45, 2.75) is 33.4 Å². The summed E-state index contributed by atoms with van der Waals surface area (Å²) in [7, 11) is 2.82. The van der Waals surface area contributed by atoms with Crippen molar-refractivity contribution in [1.82, 2.24) is 4.57 Å². The predicted octanol–water partition coefficient (Wildman–Crippen LogP) is 5.86. The van der Waals surface area contributed by atoms with Gasteiger partial charge in [-0.15, -0.1) is 0 Å². The van der Waals surface area contributed by atoms with Gasteiger partial charge in [0.25, 0.3) is 5.56 Å². The van der Waals surface area contributed by atoms with E-state index in [0.29, 0.717) is 55.8 Å². The number of carbonyl (C=O) groups excluding carboxylic acids is 2. The standard InChI is InChI=1S/C36H34Br2N2O9S/c1-6-46-27-15-22(10-13-26(27)48-19-30(41)45-5)32-31(35(43)47-7-2)20(3)39-36-40(32)34(42)29(50-36)16-23-14-25(38)17-28(44-4)33(23)49-18-21-8-11-24(37)12-9-21/h8-17,32H,6-7,18-19H2,1-5H3/b29-16+/t32-/m1/s1. The van der Waals surface area contributed by atoms with Crippen molar-refractivity contribution in [3.63, 3.8) is 0 Å². The van der Waals surface area contributed by atoms with Crippen molar-refractivity contribution < 1.29 is 38.0 Å². The van der Waals surface area contributed by atoms with Crippen LogP contribution >= 0.6 is 43.2 Å². The third-order valence-corrected chi connectivity index (χ3v) is 9.49. The van der Waals surface area contributed by atoms with Crippen LogP contribution in [-0.2, 0) is 25.7 Å². The largest absolute Gasteiger partial charge is 0.493 e. The second-order valence-corrected chi connectivity index (χ2v) is 13.6. The Balaban J connectivity index is 1.65. The maximum absolute atomic E-state index is 14.4. The van der Waals surface area contributed by atoms with Crippen molar-refractivity contribution in [3.05, 3.63) is 111 Å². The first-order chi connectivity index (χ1) is 24.1. The van der Waals surface area contributed by atoms with Crippen molar-refractivity contribution in [3.8, 4) is 23.0 Å². The molecule has 0 fully saturated rings. The lowest BCUT2D eigenvalue weighted by atomic mass is 9.95. The zero-order valence-corrected chi connectivity index (χ0v) is 31.9. The lowest BCUT2D eigenvalue weighted by molar-refractivity contribution is -0.143. The summed E-state index contributed by atoms with van der Waals surface area (Å²) in [6.45, 7) is 5.59. The summed E-state index contributed by atoms with van der Waals surface area (Å²) in [5.41, 5.74) is 2.33. The fourth-order valence-corrected chi connectivity index (χ4v) is 7.02. The highest BCUT2D eigenvalue weighted by molar-refractivity contribution is 9.10. The number of thiazole rings is 1. The van der Waals surface area contributed by atoms with Gasteiger partial charge in [0.15, 0.2) is 34.4 Å². The van der Waals surface area contributed by atoms with Crippen LogP contribution < -0.4 is 33.8 Å². The summed E-state index contributed by atoms with van der Waals surface area (Å²) < 4.78 is 37.1. The molecule has 4 aromatic rings. The topological polar surface area (TPSA) is 124 Å². The van der Waals surface area contributed by atoms with Crippen LogP contribution in [0.4, 0.5) is 0 Å². The molecule has 0 spiro atoms. The molecule has 0 unspecified atom stereocenters. The number of carbonyl (C=O) groups is 2. The van der Waals surface area contributed by atoms with Gasteiger partial charge in [-0.05, 0) is 74.4 Å². The maximum Gasteiger partial charge on any atom is 0.343 e. The van der Waals surface area contributed by atoms with Crippen molar-refractivity contribution in [2.75, 3.05) is 34.0 Å². The molecule has 1 aromatic heterocycles. The van der Waals surface area contributed by atoms with Crippen LogP contribution in [0.3, 0.4) is 0 Å². The Bertz CT molecular complexity index is 2120. The highest BCUT2D eigenvalue weighted by atomic mass is 79.9. The first-order valence-corrected chi connectivity index (χ1v) is 17.9. The van der Waals surface area contributed by atoms with Crippen LogP contribution in [0.15, 0.2) is 84.6 Å². The molecule has 1 atom stereocenters. The molecule has 0 radical (unpaired) electrons. The quantitative estimate of drug-likeness (QED) is 0.153. The Labute approximate surface area is 309 Å². The number of hydrogen-bond acceptors (Lipinski definition) is 11. The molecule has 2 heterocycles. The highest BCUT2D eigenvalue weighted by Crippen LogP contribution is 2.38. The number of nitrogens with zero attached hydrogens (tertiary/aromatic N) is 2. The molecular weight excluding hydrogens is 796 g/mol. The summed E-state index contributed by atoms with van der Waals surface area (Å²) in [5.74, 6) is 0.392. The number of aromatic nitrogens is 1. The Morgan fingerprint density at radius 2 is 1.68 bits per heavy atom. The molecule has 0 saturated carbocycles. The predicted molar refractivity (Wildman–Crippen MR) is 195 cm³/mol. The molecule has 0 bridgehead atoms. The summed E-state index contributed by atoms with van der Waals surface area (Å²) in [6.07, 6.45) is 1.73. The third kappa shape index (κ3) is 8.14. The lowest BCUT2D eigenvalue weighted by Gasteiger charge is -2.25. The molecule has 0 aliphatic carbocycles.